The SMILES string of the molecule is CCNC(=NCC(C(C)C)N1CCOCC1)NCCCc1ccc(OC)c(OC)c1.I. The van der Waals surface area contributed by atoms with Crippen LogP contribution in [0, 0.1) is 5.92 Å². The number of guanidine groups is 1. The number of halogens is 1. The quantitative estimate of drug-likeness (QED) is 0.192. The number of aliphatic imine (C=N–C) groups is 1. The van der Waals surface area contributed by atoms with Gasteiger partial charge in [0, 0.05) is 32.2 Å². The minimum Gasteiger partial charge on any atom is -0.493 e. The van der Waals surface area contributed by atoms with Crippen LogP contribution in [0.5, 0.6) is 11.5 Å². The Morgan fingerprint density at radius 2 is 1.84 bits per heavy atom. The molecule has 0 aliphatic carbocycles. The number of hydrogen-bond acceptors (Lipinski definition) is 5. The van der Waals surface area contributed by atoms with E-state index in [9.17, 15) is 0 Å². The molecule has 1 atom stereocenters. The van der Waals surface area contributed by atoms with Crippen LogP contribution in [0.4, 0.5) is 0 Å². The summed E-state index contributed by atoms with van der Waals surface area (Å²) in [7, 11) is 3.33. The minimum absolute atomic E-state index is 0. The smallest absolute Gasteiger partial charge is 0.191 e. The summed E-state index contributed by atoms with van der Waals surface area (Å²) in [6.07, 6.45) is 1.98. The molecule has 1 aliphatic heterocycles. The molecule has 1 aromatic rings. The Labute approximate surface area is 205 Å². The number of aryl methyl sites for hydroxylation is 1. The van der Waals surface area contributed by atoms with Crippen molar-refractivity contribution < 1.29 is 14.2 Å². The molecule has 1 unspecified atom stereocenters. The van der Waals surface area contributed by atoms with Crippen LogP contribution in [0.2, 0.25) is 0 Å². The average Bonchev–Trinajstić information content (AvgIpc) is 2.77. The van der Waals surface area contributed by atoms with Crippen molar-refractivity contribution in [3.63, 3.8) is 0 Å². The molecule has 1 aliphatic rings. The van der Waals surface area contributed by atoms with Crippen LogP contribution in [-0.4, -0.2) is 77.1 Å². The number of ether oxygens (including phenoxy) is 3. The average molecular weight is 549 g/mol. The number of nitrogens with zero attached hydrogens (tertiary/aromatic N) is 2. The van der Waals surface area contributed by atoms with Crippen molar-refractivity contribution >= 4 is 29.9 Å². The summed E-state index contributed by atoms with van der Waals surface area (Å²) in [6, 6.07) is 6.55. The lowest BCUT2D eigenvalue weighted by molar-refractivity contribution is 0.00867. The predicted octanol–water partition coefficient (Wildman–Crippen LogP) is 3.17. The third kappa shape index (κ3) is 9.41. The van der Waals surface area contributed by atoms with Crippen LogP contribution in [0.3, 0.4) is 0 Å². The van der Waals surface area contributed by atoms with Gasteiger partial charge in [0.2, 0.25) is 0 Å². The molecule has 2 N–H and O–H groups in total. The topological polar surface area (TPSA) is 67.4 Å². The van der Waals surface area contributed by atoms with Crippen molar-refractivity contribution in [2.45, 2.75) is 39.7 Å². The van der Waals surface area contributed by atoms with Gasteiger partial charge in [-0.3, -0.25) is 9.89 Å². The largest absolute Gasteiger partial charge is 0.493 e. The Balaban J connectivity index is 0.00000480. The lowest BCUT2D eigenvalue weighted by atomic mass is 10.0. The second-order valence-electron chi connectivity index (χ2n) is 7.90. The number of morpholine rings is 1. The Kier molecular flexibility index (Phi) is 13.9. The Hall–Kier alpha value is -1.26. The van der Waals surface area contributed by atoms with Crippen molar-refractivity contribution in [2.75, 3.05) is 60.2 Å². The molecule has 1 fully saturated rings. The first-order chi connectivity index (χ1) is 14.6. The van der Waals surface area contributed by atoms with E-state index in [0.717, 1.165) is 76.2 Å². The number of rotatable bonds is 11. The summed E-state index contributed by atoms with van der Waals surface area (Å²) in [5.74, 6) is 2.99. The first-order valence-electron chi connectivity index (χ1n) is 11.1. The molecule has 1 aromatic carbocycles. The maximum atomic E-state index is 5.51. The fourth-order valence-electron chi connectivity index (χ4n) is 3.72. The lowest BCUT2D eigenvalue weighted by Crippen LogP contribution is -2.48. The van der Waals surface area contributed by atoms with Crippen LogP contribution < -0.4 is 20.1 Å². The molecule has 0 radical (unpaired) electrons. The monoisotopic (exact) mass is 548 g/mol. The summed E-state index contributed by atoms with van der Waals surface area (Å²) in [5, 5.41) is 6.85. The van der Waals surface area contributed by atoms with Crippen molar-refractivity contribution in [2.24, 2.45) is 10.9 Å². The summed E-state index contributed by atoms with van der Waals surface area (Å²) < 4.78 is 16.2. The fraction of sp³-hybridized carbons (Fsp3) is 0.696. The van der Waals surface area contributed by atoms with E-state index in [0.29, 0.717) is 12.0 Å². The van der Waals surface area contributed by atoms with Crippen LogP contribution in [-0.2, 0) is 11.2 Å². The maximum absolute atomic E-state index is 5.51. The zero-order chi connectivity index (χ0) is 21.8. The molecular formula is C23H41IN4O3. The highest BCUT2D eigenvalue weighted by Crippen LogP contribution is 2.27. The second-order valence-corrected chi connectivity index (χ2v) is 7.90. The maximum Gasteiger partial charge on any atom is 0.191 e. The van der Waals surface area contributed by atoms with Crippen LogP contribution in [0.1, 0.15) is 32.8 Å². The normalized spacial score (nSPS) is 15.9. The third-order valence-corrected chi connectivity index (χ3v) is 5.45. The molecule has 2 rings (SSSR count). The summed E-state index contributed by atoms with van der Waals surface area (Å²) >= 11 is 0. The van der Waals surface area contributed by atoms with Crippen LogP contribution in [0.25, 0.3) is 0 Å². The van der Waals surface area contributed by atoms with Crippen molar-refractivity contribution in [3.8, 4) is 11.5 Å². The minimum atomic E-state index is 0. The first kappa shape index (κ1) is 27.8. The van der Waals surface area contributed by atoms with Crippen LogP contribution >= 0.6 is 24.0 Å². The summed E-state index contributed by atoms with van der Waals surface area (Å²) in [5.41, 5.74) is 1.24. The molecule has 8 heteroatoms. The molecule has 0 saturated carbocycles. The molecule has 1 saturated heterocycles. The van der Waals surface area contributed by atoms with Gasteiger partial charge >= 0.3 is 0 Å². The van der Waals surface area contributed by atoms with E-state index in [1.54, 1.807) is 14.2 Å². The lowest BCUT2D eigenvalue weighted by Gasteiger charge is -2.36. The second kappa shape index (κ2) is 15.5. The third-order valence-electron chi connectivity index (χ3n) is 5.45. The van der Waals surface area contributed by atoms with Gasteiger partial charge in [0.05, 0.1) is 34.0 Å². The van der Waals surface area contributed by atoms with Gasteiger partial charge in [-0.1, -0.05) is 19.9 Å². The predicted molar refractivity (Wildman–Crippen MR) is 138 cm³/mol. The summed E-state index contributed by atoms with van der Waals surface area (Å²) in [4.78, 5) is 7.39. The van der Waals surface area contributed by atoms with E-state index in [1.807, 2.05) is 12.1 Å². The van der Waals surface area contributed by atoms with Crippen molar-refractivity contribution in [3.05, 3.63) is 23.8 Å². The highest BCUT2D eigenvalue weighted by atomic mass is 127. The van der Waals surface area contributed by atoms with E-state index in [2.05, 4.69) is 42.4 Å². The van der Waals surface area contributed by atoms with Gasteiger partial charge < -0.3 is 24.8 Å². The number of benzene rings is 1. The van der Waals surface area contributed by atoms with Gasteiger partial charge in [-0.2, -0.15) is 0 Å². The number of hydrogen-bond donors (Lipinski definition) is 2. The highest BCUT2D eigenvalue weighted by Gasteiger charge is 2.23. The molecule has 31 heavy (non-hydrogen) atoms. The zero-order valence-corrected chi connectivity index (χ0v) is 22.1. The first-order valence-corrected chi connectivity index (χ1v) is 11.1. The molecular weight excluding hydrogens is 507 g/mol. The zero-order valence-electron chi connectivity index (χ0n) is 19.8. The Morgan fingerprint density at radius 1 is 1.13 bits per heavy atom. The molecule has 178 valence electrons. The van der Waals surface area contributed by atoms with Crippen molar-refractivity contribution in [1.82, 2.24) is 15.5 Å². The van der Waals surface area contributed by atoms with Gasteiger partial charge in [0.25, 0.3) is 0 Å². The van der Waals surface area contributed by atoms with Gasteiger partial charge in [-0.05, 0) is 43.4 Å². The standard InChI is InChI=1S/C23H40N4O3.HI/c1-6-24-23(26-17-20(18(2)3)27-12-14-30-15-13-27)25-11-7-8-19-9-10-21(28-4)22(16-19)29-5;/h9-10,16,18,20H,6-8,11-15,17H2,1-5H3,(H2,24,25,26);1H. The Morgan fingerprint density at radius 3 is 2.45 bits per heavy atom. The molecule has 0 bridgehead atoms. The van der Waals surface area contributed by atoms with E-state index < -0.39 is 0 Å². The van der Waals surface area contributed by atoms with Crippen molar-refractivity contribution in [1.29, 1.82) is 0 Å². The van der Waals surface area contributed by atoms with Gasteiger partial charge in [0.15, 0.2) is 17.5 Å². The highest BCUT2D eigenvalue weighted by molar-refractivity contribution is 14.0. The van der Waals surface area contributed by atoms with E-state index in [1.165, 1.54) is 5.56 Å². The molecule has 0 amide bonds. The molecule has 0 spiro atoms. The van der Waals surface area contributed by atoms with Gasteiger partial charge in [-0.15, -0.1) is 24.0 Å². The molecule has 7 nitrogen and oxygen atoms in total. The molecule has 1 heterocycles. The van der Waals surface area contributed by atoms with Crippen LogP contribution in [0.15, 0.2) is 23.2 Å². The Bertz CT molecular complexity index is 652. The van der Waals surface area contributed by atoms with E-state index in [-0.39, 0.29) is 24.0 Å². The van der Waals surface area contributed by atoms with E-state index in [4.69, 9.17) is 19.2 Å². The fourth-order valence-corrected chi connectivity index (χ4v) is 3.72. The number of methoxy groups -OCH3 is 2. The van der Waals surface area contributed by atoms with Gasteiger partial charge in [0.1, 0.15) is 0 Å². The summed E-state index contributed by atoms with van der Waals surface area (Å²) in [6.45, 7) is 12.8. The van der Waals surface area contributed by atoms with E-state index >= 15 is 0 Å². The number of nitrogens with one attached hydrogen (secondary N) is 2. The molecule has 0 aromatic heterocycles. The van der Waals surface area contributed by atoms with Gasteiger partial charge in [-0.25, -0.2) is 0 Å².